The predicted octanol–water partition coefficient (Wildman–Crippen LogP) is 2.74. The zero-order valence-corrected chi connectivity index (χ0v) is 12.5. The molecule has 0 fully saturated rings. The van der Waals surface area contributed by atoms with E-state index >= 15 is 0 Å². The molecule has 0 aliphatic carbocycles. The van der Waals surface area contributed by atoms with Crippen LogP contribution in [0.5, 0.6) is 11.5 Å². The van der Waals surface area contributed by atoms with Crippen molar-refractivity contribution in [2.45, 2.75) is 13.5 Å². The first-order valence-corrected chi connectivity index (χ1v) is 7.14. The molecule has 1 N–H and O–H groups in total. The van der Waals surface area contributed by atoms with Crippen LogP contribution in [0.2, 0.25) is 0 Å². The van der Waals surface area contributed by atoms with E-state index in [4.69, 9.17) is 26.1 Å². The van der Waals surface area contributed by atoms with Crippen molar-refractivity contribution in [2.24, 2.45) is 0 Å². The molecule has 7 heteroatoms. The summed E-state index contributed by atoms with van der Waals surface area (Å²) in [7, 11) is 0. The molecule has 0 atom stereocenters. The molecule has 6 nitrogen and oxygen atoms in total. The van der Waals surface area contributed by atoms with Crippen molar-refractivity contribution < 1.29 is 13.9 Å². The summed E-state index contributed by atoms with van der Waals surface area (Å²) in [6.45, 7) is 2.30. The average Bonchev–Trinajstić information content (AvgIpc) is 3.10. The molecule has 2 aromatic heterocycles. The maximum atomic E-state index is 12.7. The van der Waals surface area contributed by atoms with E-state index in [-0.39, 0.29) is 18.9 Å². The summed E-state index contributed by atoms with van der Waals surface area (Å²) in [5.41, 5.74) is 0.442. The molecule has 3 heterocycles. The highest BCUT2D eigenvalue weighted by atomic mass is 32.1. The van der Waals surface area contributed by atoms with Gasteiger partial charge in [0, 0.05) is 6.07 Å². The van der Waals surface area contributed by atoms with E-state index < -0.39 is 0 Å². The fourth-order valence-electron chi connectivity index (χ4n) is 2.51. The fraction of sp³-hybridized carbons (Fsp3) is 0.200. The van der Waals surface area contributed by atoms with Crippen LogP contribution >= 0.6 is 12.2 Å². The molecule has 0 spiro atoms. The molecule has 0 saturated carbocycles. The van der Waals surface area contributed by atoms with Gasteiger partial charge in [-0.3, -0.25) is 9.36 Å². The van der Waals surface area contributed by atoms with Crippen LogP contribution in [0.3, 0.4) is 0 Å². The van der Waals surface area contributed by atoms with Gasteiger partial charge in [-0.1, -0.05) is 0 Å². The molecule has 0 unspecified atom stereocenters. The fourth-order valence-corrected chi connectivity index (χ4v) is 2.77. The van der Waals surface area contributed by atoms with E-state index in [2.05, 4.69) is 4.98 Å². The van der Waals surface area contributed by atoms with Crippen molar-refractivity contribution in [1.82, 2.24) is 9.55 Å². The molecule has 0 saturated heterocycles. The van der Waals surface area contributed by atoms with E-state index in [1.165, 1.54) is 4.57 Å². The number of furan rings is 1. The van der Waals surface area contributed by atoms with Crippen LogP contribution in [0.1, 0.15) is 11.5 Å². The van der Waals surface area contributed by atoms with Crippen LogP contribution < -0.4 is 15.0 Å². The summed E-state index contributed by atoms with van der Waals surface area (Å²) < 4.78 is 18.0. The number of hydrogen-bond acceptors (Lipinski definition) is 5. The zero-order valence-electron chi connectivity index (χ0n) is 11.7. The van der Waals surface area contributed by atoms with E-state index in [1.54, 1.807) is 12.1 Å². The number of aromatic nitrogens is 2. The lowest BCUT2D eigenvalue weighted by molar-refractivity contribution is 0.174. The highest BCUT2D eigenvalue weighted by Gasteiger charge is 2.17. The molecule has 0 bridgehead atoms. The number of hydrogen-bond donors (Lipinski definition) is 1. The summed E-state index contributed by atoms with van der Waals surface area (Å²) in [6.07, 6.45) is 0. The maximum absolute atomic E-state index is 12.7. The lowest BCUT2D eigenvalue weighted by Gasteiger charge is -2.07. The predicted molar refractivity (Wildman–Crippen MR) is 82.1 cm³/mol. The second kappa shape index (κ2) is 4.74. The Morgan fingerprint density at radius 2 is 2.05 bits per heavy atom. The van der Waals surface area contributed by atoms with Crippen LogP contribution in [-0.4, -0.2) is 16.3 Å². The van der Waals surface area contributed by atoms with Gasteiger partial charge in [0.1, 0.15) is 11.5 Å². The standard InChI is InChI=1S/C15H12N2O4S/c1-8-2-3-9(21-8)6-17-14(18)10-4-12-13(20-7-19-12)5-11(10)16-15(17)22/h2-5H,6-7H2,1H3,(H,16,22). The minimum Gasteiger partial charge on any atom is -0.464 e. The van der Waals surface area contributed by atoms with Gasteiger partial charge in [-0.25, -0.2) is 0 Å². The van der Waals surface area contributed by atoms with Crippen molar-refractivity contribution in [3.8, 4) is 11.5 Å². The Hall–Kier alpha value is -2.54. The molecule has 3 aromatic rings. The molecule has 0 radical (unpaired) electrons. The Bertz CT molecular complexity index is 999. The van der Waals surface area contributed by atoms with Gasteiger partial charge in [0.15, 0.2) is 16.3 Å². The maximum Gasteiger partial charge on any atom is 0.262 e. The van der Waals surface area contributed by atoms with E-state index in [0.29, 0.717) is 32.9 Å². The van der Waals surface area contributed by atoms with E-state index in [9.17, 15) is 4.79 Å². The lowest BCUT2D eigenvalue weighted by Crippen LogP contribution is -2.22. The summed E-state index contributed by atoms with van der Waals surface area (Å²) >= 11 is 5.29. The number of fused-ring (bicyclic) bond motifs is 2. The Balaban J connectivity index is 1.90. The quantitative estimate of drug-likeness (QED) is 0.736. The average molecular weight is 316 g/mol. The number of rotatable bonds is 2. The zero-order chi connectivity index (χ0) is 15.3. The van der Waals surface area contributed by atoms with Gasteiger partial charge in [-0.2, -0.15) is 0 Å². The Morgan fingerprint density at radius 1 is 1.27 bits per heavy atom. The Labute approximate surface area is 129 Å². The number of nitrogens with one attached hydrogen (secondary N) is 1. The third-order valence-corrected chi connectivity index (χ3v) is 3.91. The summed E-state index contributed by atoms with van der Waals surface area (Å²) in [4.78, 5) is 15.8. The molecule has 4 rings (SSSR count). The molecular weight excluding hydrogens is 304 g/mol. The minimum absolute atomic E-state index is 0.159. The van der Waals surface area contributed by atoms with Crippen LogP contribution in [0.25, 0.3) is 10.9 Å². The van der Waals surface area contributed by atoms with Crippen molar-refractivity contribution in [1.29, 1.82) is 0 Å². The molecular formula is C15H12N2O4S. The van der Waals surface area contributed by atoms with E-state index in [0.717, 1.165) is 5.76 Å². The van der Waals surface area contributed by atoms with Crippen LogP contribution in [0.4, 0.5) is 0 Å². The summed E-state index contributed by atoms with van der Waals surface area (Å²) in [5, 5.41) is 0.501. The Morgan fingerprint density at radius 3 is 2.77 bits per heavy atom. The van der Waals surface area contributed by atoms with Crippen LogP contribution in [-0.2, 0) is 6.54 Å². The first kappa shape index (κ1) is 13.1. The third-order valence-electron chi connectivity index (χ3n) is 3.59. The first-order valence-electron chi connectivity index (χ1n) is 6.73. The summed E-state index contributed by atoms with van der Waals surface area (Å²) in [6, 6.07) is 7.10. The minimum atomic E-state index is -0.189. The lowest BCUT2D eigenvalue weighted by atomic mass is 10.2. The van der Waals surface area contributed by atoms with Crippen molar-refractivity contribution in [3.05, 3.63) is 50.9 Å². The second-order valence-corrected chi connectivity index (χ2v) is 5.47. The van der Waals surface area contributed by atoms with Gasteiger partial charge in [-0.15, -0.1) is 0 Å². The van der Waals surface area contributed by atoms with E-state index in [1.807, 2.05) is 19.1 Å². The van der Waals surface area contributed by atoms with Gasteiger partial charge < -0.3 is 18.9 Å². The number of aryl methyl sites for hydroxylation is 1. The topological polar surface area (TPSA) is 69.4 Å². The Kier molecular flexibility index (Phi) is 2.83. The van der Waals surface area contributed by atoms with Crippen molar-refractivity contribution in [3.63, 3.8) is 0 Å². The molecule has 1 aliphatic heterocycles. The number of aromatic amines is 1. The number of ether oxygens (including phenoxy) is 2. The molecule has 0 amide bonds. The highest BCUT2D eigenvalue weighted by molar-refractivity contribution is 7.71. The SMILES string of the molecule is Cc1ccc(Cn2c(=S)[nH]c3cc4c(cc3c2=O)OCO4)o1. The first-order chi connectivity index (χ1) is 10.6. The molecule has 1 aliphatic rings. The number of benzene rings is 1. The molecule has 112 valence electrons. The van der Waals surface area contributed by atoms with Gasteiger partial charge in [0.25, 0.3) is 5.56 Å². The molecule has 1 aromatic carbocycles. The number of nitrogens with zero attached hydrogens (tertiary/aromatic N) is 1. The molecule has 22 heavy (non-hydrogen) atoms. The van der Waals surface area contributed by atoms with Crippen LogP contribution in [0.15, 0.2) is 33.5 Å². The third kappa shape index (κ3) is 2.01. The monoisotopic (exact) mass is 316 g/mol. The van der Waals surface area contributed by atoms with Gasteiger partial charge in [0.05, 0.1) is 17.4 Å². The highest BCUT2D eigenvalue weighted by Crippen LogP contribution is 2.34. The van der Waals surface area contributed by atoms with Gasteiger partial charge in [0.2, 0.25) is 6.79 Å². The summed E-state index contributed by atoms with van der Waals surface area (Å²) in [5.74, 6) is 2.65. The van der Waals surface area contributed by atoms with Crippen molar-refractivity contribution in [2.75, 3.05) is 6.79 Å². The second-order valence-electron chi connectivity index (χ2n) is 5.08. The number of H-pyrrole nitrogens is 1. The normalized spacial score (nSPS) is 13.0. The van der Waals surface area contributed by atoms with Gasteiger partial charge >= 0.3 is 0 Å². The van der Waals surface area contributed by atoms with Crippen molar-refractivity contribution >= 4 is 23.1 Å². The smallest absolute Gasteiger partial charge is 0.262 e. The largest absolute Gasteiger partial charge is 0.464 e. The van der Waals surface area contributed by atoms with Gasteiger partial charge in [-0.05, 0) is 37.3 Å². The van der Waals surface area contributed by atoms with Crippen LogP contribution in [0, 0.1) is 11.7 Å².